The topological polar surface area (TPSA) is 85.1 Å². The Morgan fingerprint density at radius 2 is 1.70 bits per heavy atom. The summed E-state index contributed by atoms with van der Waals surface area (Å²) < 4.78 is 3.25. The Kier molecular flexibility index (Phi) is 6.81. The van der Waals surface area contributed by atoms with Crippen molar-refractivity contribution >= 4 is 46.3 Å². The summed E-state index contributed by atoms with van der Waals surface area (Å²) in [7, 11) is 1.78. The maximum atomic E-state index is 12.9. The molecule has 0 saturated carbocycles. The first kappa shape index (κ1) is 22.6. The molecule has 2 amide bonds. The molecule has 2 aromatic heterocycles. The number of anilines is 2. The molecule has 33 heavy (non-hydrogen) atoms. The number of amides is 2. The van der Waals surface area contributed by atoms with Crippen LogP contribution in [0.3, 0.4) is 0 Å². The molecule has 9 heteroatoms. The SMILES string of the molecule is Cc1c(NC(=O)CSc2ccc(NC(=O)c3cccs3)cc2)c(=O)n(-c2ccccc2)n1C. The summed E-state index contributed by atoms with van der Waals surface area (Å²) in [5.74, 6) is -0.259. The lowest BCUT2D eigenvalue weighted by Gasteiger charge is -2.07. The van der Waals surface area contributed by atoms with Gasteiger partial charge in [-0.2, -0.15) is 0 Å². The van der Waals surface area contributed by atoms with Crippen molar-refractivity contribution in [3.8, 4) is 5.69 Å². The molecule has 0 fully saturated rings. The van der Waals surface area contributed by atoms with Gasteiger partial charge in [0.1, 0.15) is 5.69 Å². The van der Waals surface area contributed by atoms with Crippen LogP contribution in [0, 0.1) is 6.92 Å². The normalized spacial score (nSPS) is 10.7. The molecule has 2 heterocycles. The average molecular weight is 479 g/mol. The summed E-state index contributed by atoms with van der Waals surface area (Å²) >= 11 is 2.74. The van der Waals surface area contributed by atoms with Crippen LogP contribution in [0.2, 0.25) is 0 Å². The smallest absolute Gasteiger partial charge is 0.295 e. The van der Waals surface area contributed by atoms with E-state index in [0.717, 1.165) is 10.6 Å². The Bertz CT molecular complexity index is 1320. The number of thiophene rings is 1. The number of carbonyl (C=O) groups is 2. The van der Waals surface area contributed by atoms with Gasteiger partial charge in [-0.1, -0.05) is 24.3 Å². The van der Waals surface area contributed by atoms with Gasteiger partial charge in [-0.05, 0) is 54.8 Å². The van der Waals surface area contributed by atoms with Gasteiger partial charge in [-0.3, -0.25) is 19.1 Å². The molecule has 0 atom stereocenters. The van der Waals surface area contributed by atoms with Crippen LogP contribution < -0.4 is 16.2 Å². The summed E-state index contributed by atoms with van der Waals surface area (Å²) in [5, 5.41) is 7.46. The van der Waals surface area contributed by atoms with Crippen molar-refractivity contribution in [3.63, 3.8) is 0 Å². The van der Waals surface area contributed by atoms with Crippen LogP contribution in [0.1, 0.15) is 15.4 Å². The maximum absolute atomic E-state index is 12.9. The van der Waals surface area contributed by atoms with E-state index in [9.17, 15) is 14.4 Å². The van der Waals surface area contributed by atoms with Crippen LogP contribution in [0.5, 0.6) is 0 Å². The van der Waals surface area contributed by atoms with Crippen molar-refractivity contribution in [1.82, 2.24) is 9.36 Å². The number of para-hydroxylation sites is 1. The quantitative estimate of drug-likeness (QED) is 0.382. The standard InChI is InChI=1S/C24H22N4O3S2/c1-16-22(24(31)28(27(16)2)18-7-4-3-5-8-18)26-21(29)15-33-19-12-10-17(11-13-19)25-23(30)20-9-6-14-32-20/h3-14H,15H2,1-2H3,(H,25,30)(H,26,29). The zero-order valence-electron chi connectivity index (χ0n) is 18.1. The van der Waals surface area contributed by atoms with Crippen LogP contribution in [-0.4, -0.2) is 26.9 Å². The van der Waals surface area contributed by atoms with Crippen molar-refractivity contribution in [2.75, 3.05) is 16.4 Å². The number of thioether (sulfide) groups is 1. The molecule has 2 aromatic carbocycles. The molecule has 0 aliphatic carbocycles. The third-order valence-electron chi connectivity index (χ3n) is 5.05. The fourth-order valence-corrected chi connectivity index (χ4v) is 4.59. The highest BCUT2D eigenvalue weighted by molar-refractivity contribution is 8.00. The van der Waals surface area contributed by atoms with Gasteiger partial charge in [0.15, 0.2) is 0 Å². The maximum Gasteiger partial charge on any atom is 0.295 e. The molecule has 0 bridgehead atoms. The van der Waals surface area contributed by atoms with Gasteiger partial charge < -0.3 is 10.6 Å². The van der Waals surface area contributed by atoms with E-state index in [0.29, 0.717) is 16.3 Å². The van der Waals surface area contributed by atoms with Crippen molar-refractivity contribution in [1.29, 1.82) is 0 Å². The Morgan fingerprint density at radius 1 is 0.970 bits per heavy atom. The van der Waals surface area contributed by atoms with E-state index in [2.05, 4.69) is 10.6 Å². The van der Waals surface area contributed by atoms with Gasteiger partial charge in [-0.15, -0.1) is 23.1 Å². The number of nitrogens with one attached hydrogen (secondary N) is 2. The fourth-order valence-electron chi connectivity index (χ4n) is 3.27. The summed E-state index contributed by atoms with van der Waals surface area (Å²) in [6.45, 7) is 1.80. The molecule has 4 aromatic rings. The van der Waals surface area contributed by atoms with Crippen molar-refractivity contribution in [2.45, 2.75) is 11.8 Å². The average Bonchev–Trinajstić information content (AvgIpc) is 3.43. The van der Waals surface area contributed by atoms with Crippen LogP contribution in [0.15, 0.2) is 81.8 Å². The number of carbonyl (C=O) groups excluding carboxylic acids is 2. The fraction of sp³-hybridized carbons (Fsp3) is 0.125. The number of nitrogens with zero attached hydrogens (tertiary/aromatic N) is 2. The summed E-state index contributed by atoms with van der Waals surface area (Å²) in [6, 6.07) is 20.2. The molecule has 0 unspecified atom stereocenters. The molecule has 168 valence electrons. The van der Waals surface area contributed by atoms with Crippen LogP contribution in [0.25, 0.3) is 5.69 Å². The van der Waals surface area contributed by atoms with Gasteiger partial charge in [0, 0.05) is 17.6 Å². The highest BCUT2D eigenvalue weighted by atomic mass is 32.2. The number of hydrogen-bond acceptors (Lipinski definition) is 5. The van der Waals surface area contributed by atoms with E-state index in [1.807, 2.05) is 53.9 Å². The molecular weight excluding hydrogens is 456 g/mol. The highest BCUT2D eigenvalue weighted by Gasteiger charge is 2.18. The lowest BCUT2D eigenvalue weighted by Crippen LogP contribution is -2.23. The van der Waals surface area contributed by atoms with Crippen molar-refractivity contribution < 1.29 is 9.59 Å². The minimum absolute atomic E-state index is 0.149. The molecule has 0 aliphatic rings. The summed E-state index contributed by atoms with van der Waals surface area (Å²) in [6.07, 6.45) is 0. The first-order chi connectivity index (χ1) is 15.9. The third-order valence-corrected chi connectivity index (χ3v) is 6.93. The summed E-state index contributed by atoms with van der Waals surface area (Å²) in [5.41, 5.74) is 2.09. The van der Waals surface area contributed by atoms with Gasteiger partial charge in [0.05, 0.1) is 22.0 Å². The first-order valence-corrected chi connectivity index (χ1v) is 12.0. The Morgan fingerprint density at radius 3 is 2.36 bits per heavy atom. The van der Waals surface area contributed by atoms with Crippen LogP contribution >= 0.6 is 23.1 Å². The van der Waals surface area contributed by atoms with Crippen LogP contribution in [-0.2, 0) is 11.8 Å². The van der Waals surface area contributed by atoms with Gasteiger partial charge >= 0.3 is 0 Å². The Balaban J connectivity index is 1.37. The van der Waals surface area contributed by atoms with Gasteiger partial charge in [-0.25, -0.2) is 4.68 Å². The van der Waals surface area contributed by atoms with E-state index in [1.54, 1.807) is 36.9 Å². The molecule has 0 radical (unpaired) electrons. The number of aromatic nitrogens is 2. The van der Waals surface area contributed by atoms with E-state index < -0.39 is 0 Å². The molecule has 4 rings (SSSR count). The lowest BCUT2D eigenvalue weighted by atomic mass is 10.3. The van der Waals surface area contributed by atoms with E-state index in [1.165, 1.54) is 27.8 Å². The second-order valence-electron chi connectivity index (χ2n) is 7.23. The largest absolute Gasteiger partial charge is 0.321 e. The van der Waals surface area contributed by atoms with E-state index in [4.69, 9.17) is 0 Å². The zero-order chi connectivity index (χ0) is 23.4. The first-order valence-electron chi connectivity index (χ1n) is 10.2. The minimum atomic E-state index is -0.273. The van der Waals surface area contributed by atoms with Gasteiger partial charge in [0.25, 0.3) is 11.5 Å². The van der Waals surface area contributed by atoms with Crippen LogP contribution in [0.4, 0.5) is 11.4 Å². The number of hydrogen-bond donors (Lipinski definition) is 2. The third kappa shape index (κ3) is 5.10. The molecule has 0 spiro atoms. The zero-order valence-corrected chi connectivity index (χ0v) is 19.7. The highest BCUT2D eigenvalue weighted by Crippen LogP contribution is 2.22. The van der Waals surface area contributed by atoms with E-state index in [-0.39, 0.29) is 28.8 Å². The van der Waals surface area contributed by atoms with Gasteiger partial charge in [0.2, 0.25) is 5.91 Å². The Labute approximate surface area is 199 Å². The second-order valence-corrected chi connectivity index (χ2v) is 9.23. The Hall–Kier alpha value is -3.56. The molecule has 7 nitrogen and oxygen atoms in total. The van der Waals surface area contributed by atoms with E-state index >= 15 is 0 Å². The lowest BCUT2D eigenvalue weighted by molar-refractivity contribution is -0.113. The number of benzene rings is 2. The predicted octanol–water partition coefficient (Wildman–Crippen LogP) is 4.53. The molecular formula is C24H22N4O3S2. The minimum Gasteiger partial charge on any atom is -0.321 e. The molecule has 2 N–H and O–H groups in total. The van der Waals surface area contributed by atoms with Crippen molar-refractivity contribution in [3.05, 3.63) is 93.0 Å². The molecule has 0 saturated heterocycles. The van der Waals surface area contributed by atoms with Crippen molar-refractivity contribution in [2.24, 2.45) is 7.05 Å². The second kappa shape index (κ2) is 9.93. The molecule has 0 aliphatic heterocycles. The summed E-state index contributed by atoms with van der Waals surface area (Å²) in [4.78, 5) is 39.1. The number of rotatable bonds is 7. The monoisotopic (exact) mass is 478 g/mol. The predicted molar refractivity (Wildman–Crippen MR) is 134 cm³/mol.